The number of carbonyl (C=O) groups excluding carboxylic acids is 1. The van der Waals surface area contributed by atoms with E-state index in [-0.39, 0.29) is 17.5 Å². The van der Waals surface area contributed by atoms with Gasteiger partial charge < -0.3 is 34.2 Å². The molecule has 1 saturated heterocycles. The fourth-order valence-electron chi connectivity index (χ4n) is 3.43. The van der Waals surface area contributed by atoms with Crippen LogP contribution in [0, 0.1) is 0 Å². The molecule has 1 fully saturated rings. The van der Waals surface area contributed by atoms with Gasteiger partial charge >= 0.3 is 13.6 Å². The number of rotatable bonds is 8. The van der Waals surface area contributed by atoms with Crippen molar-refractivity contribution < 1.29 is 43.6 Å². The van der Waals surface area contributed by atoms with Gasteiger partial charge in [-0.1, -0.05) is 0 Å². The summed E-state index contributed by atoms with van der Waals surface area (Å²) >= 11 is 6.07. The summed E-state index contributed by atoms with van der Waals surface area (Å²) in [5.41, 5.74) is 0.484. The molecule has 1 aliphatic rings. The first-order chi connectivity index (χ1) is 16.1. The Balaban J connectivity index is 1.58. The third-order valence-electron chi connectivity index (χ3n) is 4.95. The predicted octanol–water partition coefficient (Wildman–Crippen LogP) is -0.632. The summed E-state index contributed by atoms with van der Waals surface area (Å²) in [6.07, 6.45) is 0.423. The Morgan fingerprint density at radius 3 is 2.71 bits per heavy atom. The number of fused-ring (bicyclic) bond motifs is 1. The summed E-state index contributed by atoms with van der Waals surface area (Å²) < 4.78 is 29.9. The molecule has 1 aliphatic heterocycles. The van der Waals surface area contributed by atoms with Gasteiger partial charge in [-0.2, -0.15) is 9.97 Å². The van der Waals surface area contributed by atoms with Crippen molar-refractivity contribution in [3.05, 3.63) is 30.3 Å². The topological polar surface area (TPSA) is 204 Å². The molecule has 5 atom stereocenters. The van der Waals surface area contributed by atoms with E-state index < -0.39 is 50.6 Å². The number of hydrogen-bond acceptors (Lipinski definition) is 11. The number of esters is 1. The summed E-state index contributed by atoms with van der Waals surface area (Å²) in [6, 6.07) is 0. The molecule has 34 heavy (non-hydrogen) atoms. The normalized spacial score (nSPS) is 23.9. The highest BCUT2D eigenvalue weighted by Crippen LogP contribution is 2.43. The molecule has 0 saturated carbocycles. The van der Waals surface area contributed by atoms with Crippen LogP contribution in [-0.2, 0) is 23.6 Å². The molecule has 0 aliphatic carbocycles. The molecule has 4 rings (SSSR count). The third kappa shape index (κ3) is 4.69. The van der Waals surface area contributed by atoms with Crippen LogP contribution in [0.4, 0.5) is 0 Å². The molecule has 3 aromatic rings. The van der Waals surface area contributed by atoms with Crippen LogP contribution in [0.2, 0.25) is 5.28 Å². The first-order valence-electron chi connectivity index (χ1n) is 9.85. The molecule has 0 radical (unpaired) electrons. The summed E-state index contributed by atoms with van der Waals surface area (Å²) in [7, 11) is -5.04. The van der Waals surface area contributed by atoms with Gasteiger partial charge in [-0.3, -0.25) is 13.7 Å². The fraction of sp³-hybridized carbons (Fsp3) is 0.471. The third-order valence-corrected chi connectivity index (χ3v) is 6.09. The Kier molecular flexibility index (Phi) is 6.98. The smallest absolute Gasteiger partial charge is 0.365 e. The monoisotopic (exact) mass is 518 g/mol. The van der Waals surface area contributed by atoms with Crippen LogP contribution in [-0.4, -0.2) is 92.4 Å². The van der Waals surface area contributed by atoms with Crippen molar-refractivity contribution in [1.29, 1.82) is 0 Å². The molecule has 4 heterocycles. The summed E-state index contributed by atoms with van der Waals surface area (Å²) in [5, 5.41) is 20.9. The summed E-state index contributed by atoms with van der Waals surface area (Å²) in [4.78, 5) is 47.2. The van der Waals surface area contributed by atoms with E-state index in [9.17, 15) is 29.4 Å². The first-order valence-corrected chi connectivity index (χ1v) is 11.9. The Labute approximate surface area is 196 Å². The number of nitrogens with zero attached hydrogens (tertiary/aromatic N) is 6. The van der Waals surface area contributed by atoms with E-state index in [0.29, 0.717) is 11.3 Å². The van der Waals surface area contributed by atoms with Crippen LogP contribution < -0.4 is 0 Å². The van der Waals surface area contributed by atoms with Crippen molar-refractivity contribution in [2.45, 2.75) is 37.3 Å². The van der Waals surface area contributed by atoms with Gasteiger partial charge in [0.25, 0.3) is 5.85 Å². The average Bonchev–Trinajstić information content (AvgIpc) is 3.49. The van der Waals surface area contributed by atoms with E-state index in [2.05, 4.69) is 24.7 Å². The second kappa shape index (κ2) is 9.64. The van der Waals surface area contributed by atoms with E-state index in [0.717, 1.165) is 0 Å². The van der Waals surface area contributed by atoms with Crippen LogP contribution >= 0.6 is 19.2 Å². The molecule has 17 heteroatoms. The van der Waals surface area contributed by atoms with Gasteiger partial charge in [-0.25, -0.2) is 14.8 Å². The van der Waals surface area contributed by atoms with Crippen LogP contribution in [0.15, 0.2) is 25.0 Å². The Morgan fingerprint density at radius 1 is 1.29 bits per heavy atom. The van der Waals surface area contributed by atoms with Gasteiger partial charge in [0.1, 0.15) is 24.6 Å². The standard InChI is InChI=1S/C17H20ClN6O9P/c1-2-31-15(27)16(34(28,29)30)32-5-8-10(25)11(26)14(33-8)24-7-20-9-12(23-4-3-19-6-23)21-17(18)22-13(9)24/h3-4,6-8,10-11,14,16,25-26H,2,5H2,1H3,(H2,28,29,30)/t8-,10+,11-,14-,16+/m1/s1. The Bertz CT molecular complexity index is 1220. The molecule has 0 amide bonds. The maximum Gasteiger partial charge on any atom is 0.365 e. The largest absolute Gasteiger partial charge is 0.464 e. The van der Waals surface area contributed by atoms with Gasteiger partial charge in [0.15, 0.2) is 23.2 Å². The number of aliphatic hydroxyl groups is 2. The van der Waals surface area contributed by atoms with Crippen LogP contribution in [0.5, 0.6) is 0 Å². The van der Waals surface area contributed by atoms with E-state index in [1.165, 1.54) is 30.3 Å². The molecule has 0 unspecified atom stereocenters. The van der Waals surface area contributed by atoms with Crippen LogP contribution in [0.25, 0.3) is 17.0 Å². The zero-order valence-corrected chi connectivity index (χ0v) is 19.1. The summed E-state index contributed by atoms with van der Waals surface area (Å²) in [5.74, 6) is -3.16. The van der Waals surface area contributed by atoms with Gasteiger partial charge in [-0.15, -0.1) is 0 Å². The second-order valence-corrected chi connectivity index (χ2v) is 9.17. The van der Waals surface area contributed by atoms with Crippen molar-refractivity contribution >= 4 is 36.3 Å². The van der Waals surface area contributed by atoms with E-state index >= 15 is 0 Å². The number of carbonyl (C=O) groups is 1. The first kappa shape index (κ1) is 24.6. The Hall–Kier alpha value is -2.49. The second-order valence-electron chi connectivity index (χ2n) is 7.18. The lowest BCUT2D eigenvalue weighted by molar-refractivity contribution is -0.155. The van der Waals surface area contributed by atoms with Crippen LogP contribution in [0.1, 0.15) is 13.2 Å². The van der Waals surface area contributed by atoms with Crippen molar-refractivity contribution in [2.24, 2.45) is 0 Å². The van der Waals surface area contributed by atoms with E-state index in [1.807, 2.05) is 0 Å². The maximum absolute atomic E-state index is 11.9. The van der Waals surface area contributed by atoms with E-state index in [1.54, 1.807) is 10.8 Å². The molecule has 184 valence electrons. The number of hydrogen-bond donors (Lipinski definition) is 4. The van der Waals surface area contributed by atoms with E-state index in [4.69, 9.17) is 21.1 Å². The Morgan fingerprint density at radius 2 is 2.06 bits per heavy atom. The number of imidazole rings is 2. The lowest BCUT2D eigenvalue weighted by atomic mass is 10.1. The number of aliphatic hydroxyl groups excluding tert-OH is 2. The highest BCUT2D eigenvalue weighted by atomic mass is 35.5. The minimum Gasteiger partial charge on any atom is -0.464 e. The highest BCUT2D eigenvalue weighted by Gasteiger charge is 2.46. The van der Waals surface area contributed by atoms with Gasteiger partial charge in [0, 0.05) is 12.4 Å². The molecule has 3 aromatic heterocycles. The predicted molar refractivity (Wildman–Crippen MR) is 112 cm³/mol. The van der Waals surface area contributed by atoms with Gasteiger partial charge in [0.05, 0.1) is 19.5 Å². The molecular weight excluding hydrogens is 499 g/mol. The lowest BCUT2D eigenvalue weighted by Crippen LogP contribution is -2.36. The van der Waals surface area contributed by atoms with Crippen molar-refractivity contribution in [1.82, 2.24) is 29.1 Å². The molecule has 0 spiro atoms. The maximum atomic E-state index is 11.9. The quantitative estimate of drug-likeness (QED) is 0.167. The minimum absolute atomic E-state index is 0.121. The number of ether oxygens (including phenoxy) is 3. The van der Waals surface area contributed by atoms with Gasteiger partial charge in [-0.05, 0) is 18.5 Å². The molecular formula is C17H20ClN6O9P. The SMILES string of the molecule is CCOC(=O)[C@@H](OC[C@H]1O[C@@H](n2cnc3c(-n4ccnc4)nc(Cl)nc32)[C@H](O)[C@H]1O)P(=O)(O)O. The molecule has 0 aromatic carbocycles. The van der Waals surface area contributed by atoms with Crippen LogP contribution in [0.3, 0.4) is 0 Å². The van der Waals surface area contributed by atoms with Gasteiger partial charge in [0.2, 0.25) is 5.28 Å². The molecule has 15 nitrogen and oxygen atoms in total. The zero-order valence-electron chi connectivity index (χ0n) is 17.4. The molecule has 0 bridgehead atoms. The zero-order chi connectivity index (χ0) is 24.6. The number of halogens is 1. The highest BCUT2D eigenvalue weighted by molar-refractivity contribution is 7.53. The van der Waals surface area contributed by atoms with Crippen molar-refractivity contribution in [2.75, 3.05) is 13.2 Å². The number of aromatic nitrogens is 6. The molecule has 4 N–H and O–H groups in total. The minimum atomic E-state index is -5.04. The van der Waals surface area contributed by atoms with Crippen molar-refractivity contribution in [3.8, 4) is 5.82 Å². The lowest BCUT2D eigenvalue weighted by Gasteiger charge is -2.20. The average molecular weight is 519 g/mol. The fourth-order valence-corrected chi connectivity index (χ4v) is 4.21. The van der Waals surface area contributed by atoms with Crippen molar-refractivity contribution in [3.63, 3.8) is 0 Å². The summed E-state index contributed by atoms with van der Waals surface area (Å²) in [6.45, 7) is 0.704.